The van der Waals surface area contributed by atoms with Gasteiger partial charge in [0.05, 0.1) is 0 Å². The van der Waals surface area contributed by atoms with E-state index < -0.39 is 0 Å². The number of benzene rings is 11. The van der Waals surface area contributed by atoms with Crippen molar-refractivity contribution in [2.24, 2.45) is 0 Å². The van der Waals surface area contributed by atoms with E-state index in [0.29, 0.717) is 0 Å². The van der Waals surface area contributed by atoms with Crippen molar-refractivity contribution in [1.29, 1.82) is 0 Å². The van der Waals surface area contributed by atoms with Crippen LogP contribution in [0.5, 0.6) is 0 Å². The minimum atomic E-state index is 1.10. The van der Waals surface area contributed by atoms with Gasteiger partial charge in [-0.05, 0) is 130 Å². The molecule has 1 nitrogen and oxygen atoms in total. The second-order valence-electron chi connectivity index (χ2n) is 14.9. The molecular weight excluding hydrogens is 687 g/mol. The summed E-state index contributed by atoms with van der Waals surface area (Å²) in [5.41, 5.74) is 10.6. The van der Waals surface area contributed by atoms with Crippen molar-refractivity contribution in [3.63, 3.8) is 0 Å². The molecule has 0 amide bonds. The summed E-state index contributed by atoms with van der Waals surface area (Å²) in [7, 11) is 0. The van der Waals surface area contributed by atoms with Crippen LogP contribution in [0.2, 0.25) is 0 Å². The summed E-state index contributed by atoms with van der Waals surface area (Å²) in [6.07, 6.45) is 0. The Balaban J connectivity index is 1.04. The molecule has 57 heavy (non-hydrogen) atoms. The molecule has 11 aromatic carbocycles. The molecule has 0 atom stereocenters. The average molecular weight is 724 g/mol. The normalized spacial score (nSPS) is 11.5. The number of fused-ring (bicyclic) bond motifs is 8. The fourth-order valence-electron chi connectivity index (χ4n) is 8.89. The lowest BCUT2D eigenvalue weighted by Crippen LogP contribution is -2.10. The zero-order valence-electron chi connectivity index (χ0n) is 31.3. The van der Waals surface area contributed by atoms with Crippen molar-refractivity contribution < 1.29 is 0 Å². The van der Waals surface area contributed by atoms with Crippen LogP contribution in [0.25, 0.3) is 87.2 Å². The molecule has 11 aromatic rings. The zero-order valence-corrected chi connectivity index (χ0v) is 31.3. The Hall–Kier alpha value is -7.48. The summed E-state index contributed by atoms with van der Waals surface area (Å²) in [6.45, 7) is 0. The summed E-state index contributed by atoms with van der Waals surface area (Å²) in [5, 5.41) is 12.7. The topological polar surface area (TPSA) is 3.24 Å². The molecule has 0 N–H and O–H groups in total. The third-order valence-corrected chi connectivity index (χ3v) is 11.6. The molecule has 0 aliphatic heterocycles. The summed E-state index contributed by atoms with van der Waals surface area (Å²) < 4.78 is 0. The van der Waals surface area contributed by atoms with Gasteiger partial charge in [0, 0.05) is 17.1 Å². The molecule has 0 fully saturated rings. The van der Waals surface area contributed by atoms with E-state index in [1.54, 1.807) is 0 Å². The molecule has 1 heteroatoms. The predicted octanol–water partition coefficient (Wildman–Crippen LogP) is 15.9. The molecule has 266 valence electrons. The van der Waals surface area contributed by atoms with Gasteiger partial charge in [0.15, 0.2) is 0 Å². The van der Waals surface area contributed by atoms with Gasteiger partial charge in [0.1, 0.15) is 0 Å². The molecule has 11 rings (SSSR count). The van der Waals surface area contributed by atoms with Crippen LogP contribution in [0.4, 0.5) is 17.1 Å². The van der Waals surface area contributed by atoms with Gasteiger partial charge >= 0.3 is 0 Å². The predicted molar refractivity (Wildman–Crippen MR) is 245 cm³/mol. The van der Waals surface area contributed by atoms with Crippen LogP contribution in [0.1, 0.15) is 0 Å². The lowest BCUT2D eigenvalue weighted by atomic mass is 9.91. The standard InChI is InChI=1S/C56H37N/c1-2-12-38(13-3-1)43-17-10-18-47(36-43)57(46-32-26-41(27-33-46)55-37-44-15-5-7-20-49(44)51-21-8-9-22-52(51)55)45-30-24-40(25-31-45)50-23-11-16-42-29-34-53-48-19-6-4-14-39(48)28-35-54(53)56(42)50/h1-37H. The molecule has 0 unspecified atom stereocenters. The molecule has 0 spiro atoms. The van der Waals surface area contributed by atoms with E-state index in [0.717, 1.165) is 17.1 Å². The van der Waals surface area contributed by atoms with E-state index in [2.05, 4.69) is 229 Å². The monoisotopic (exact) mass is 723 g/mol. The number of hydrogen-bond donors (Lipinski definition) is 0. The highest BCUT2D eigenvalue weighted by atomic mass is 15.1. The maximum atomic E-state index is 2.38. The summed E-state index contributed by atoms with van der Waals surface area (Å²) in [6, 6.07) is 82.0. The third-order valence-electron chi connectivity index (χ3n) is 11.6. The highest BCUT2D eigenvalue weighted by Gasteiger charge is 2.17. The van der Waals surface area contributed by atoms with Crippen molar-refractivity contribution in [3.8, 4) is 33.4 Å². The molecule has 0 heterocycles. The maximum Gasteiger partial charge on any atom is 0.0467 e. The minimum absolute atomic E-state index is 1.10. The van der Waals surface area contributed by atoms with E-state index in [-0.39, 0.29) is 0 Å². The number of rotatable bonds is 6. The SMILES string of the molecule is c1ccc(-c2cccc(N(c3ccc(-c4cc5ccccc5c5ccccc45)cc3)c3ccc(-c4cccc5ccc6c7ccccc7ccc6c45)cc3)c2)cc1. The smallest absolute Gasteiger partial charge is 0.0467 e. The zero-order chi connectivity index (χ0) is 37.7. The first-order valence-corrected chi connectivity index (χ1v) is 19.7. The second-order valence-corrected chi connectivity index (χ2v) is 14.9. The van der Waals surface area contributed by atoms with E-state index >= 15 is 0 Å². The van der Waals surface area contributed by atoms with Crippen LogP contribution in [0.15, 0.2) is 224 Å². The molecule has 0 radical (unpaired) electrons. The highest BCUT2D eigenvalue weighted by Crippen LogP contribution is 2.42. The second kappa shape index (κ2) is 13.7. The summed E-state index contributed by atoms with van der Waals surface area (Å²) in [5.74, 6) is 0. The van der Waals surface area contributed by atoms with Crippen LogP contribution in [0, 0.1) is 0 Å². The Morgan fingerprint density at radius 1 is 0.228 bits per heavy atom. The van der Waals surface area contributed by atoms with E-state index in [1.165, 1.54) is 87.2 Å². The van der Waals surface area contributed by atoms with Gasteiger partial charge in [-0.1, -0.05) is 182 Å². The van der Waals surface area contributed by atoms with Gasteiger partial charge in [-0.15, -0.1) is 0 Å². The van der Waals surface area contributed by atoms with Gasteiger partial charge in [-0.2, -0.15) is 0 Å². The van der Waals surface area contributed by atoms with Crippen molar-refractivity contribution in [3.05, 3.63) is 224 Å². The molecular formula is C56H37N. The van der Waals surface area contributed by atoms with E-state index in [4.69, 9.17) is 0 Å². The first-order chi connectivity index (χ1) is 28.3. The Labute approximate surface area is 332 Å². The number of nitrogens with zero attached hydrogens (tertiary/aromatic N) is 1. The summed E-state index contributed by atoms with van der Waals surface area (Å²) in [4.78, 5) is 2.38. The minimum Gasteiger partial charge on any atom is -0.310 e. The molecule has 0 aliphatic rings. The van der Waals surface area contributed by atoms with Crippen molar-refractivity contribution in [2.45, 2.75) is 0 Å². The van der Waals surface area contributed by atoms with Crippen molar-refractivity contribution >= 4 is 70.9 Å². The van der Waals surface area contributed by atoms with Crippen LogP contribution >= 0.6 is 0 Å². The fourth-order valence-corrected chi connectivity index (χ4v) is 8.89. The summed E-state index contributed by atoms with van der Waals surface area (Å²) >= 11 is 0. The fraction of sp³-hybridized carbons (Fsp3) is 0. The van der Waals surface area contributed by atoms with Crippen LogP contribution in [-0.4, -0.2) is 0 Å². The average Bonchev–Trinajstić information content (AvgIpc) is 3.29. The van der Waals surface area contributed by atoms with Gasteiger partial charge < -0.3 is 4.90 Å². The Bertz CT molecular complexity index is 3270. The molecule has 0 saturated carbocycles. The first kappa shape index (κ1) is 32.9. The van der Waals surface area contributed by atoms with E-state index in [9.17, 15) is 0 Å². The Morgan fingerprint density at radius 2 is 0.754 bits per heavy atom. The number of hydrogen-bond acceptors (Lipinski definition) is 1. The molecule has 0 saturated heterocycles. The Morgan fingerprint density at radius 3 is 1.51 bits per heavy atom. The van der Waals surface area contributed by atoms with Gasteiger partial charge in [0.25, 0.3) is 0 Å². The van der Waals surface area contributed by atoms with Crippen LogP contribution < -0.4 is 4.90 Å². The van der Waals surface area contributed by atoms with Gasteiger partial charge in [-0.3, -0.25) is 0 Å². The lowest BCUT2D eigenvalue weighted by Gasteiger charge is -2.26. The Kier molecular flexibility index (Phi) is 7.89. The van der Waals surface area contributed by atoms with Crippen molar-refractivity contribution in [1.82, 2.24) is 0 Å². The lowest BCUT2D eigenvalue weighted by molar-refractivity contribution is 1.28. The van der Waals surface area contributed by atoms with E-state index in [1.807, 2.05) is 0 Å². The van der Waals surface area contributed by atoms with Gasteiger partial charge in [0.2, 0.25) is 0 Å². The molecule has 0 bridgehead atoms. The first-order valence-electron chi connectivity index (χ1n) is 19.7. The van der Waals surface area contributed by atoms with Gasteiger partial charge in [-0.25, -0.2) is 0 Å². The maximum absolute atomic E-state index is 2.38. The van der Waals surface area contributed by atoms with Crippen LogP contribution in [-0.2, 0) is 0 Å². The van der Waals surface area contributed by atoms with Crippen LogP contribution in [0.3, 0.4) is 0 Å². The van der Waals surface area contributed by atoms with Crippen molar-refractivity contribution in [2.75, 3.05) is 4.90 Å². The quantitative estimate of drug-likeness (QED) is 0.154. The molecule has 0 aliphatic carbocycles. The highest BCUT2D eigenvalue weighted by molar-refractivity contribution is 6.21. The largest absolute Gasteiger partial charge is 0.310 e. The number of anilines is 3. The molecule has 0 aromatic heterocycles. The third kappa shape index (κ3) is 5.72.